The Bertz CT molecular complexity index is 550. The first-order valence-corrected chi connectivity index (χ1v) is 15.5. The summed E-state index contributed by atoms with van der Waals surface area (Å²) >= 11 is 4.36. The molecule has 0 heterocycles. The van der Waals surface area contributed by atoms with Crippen LogP contribution in [0.25, 0.3) is 0 Å². The van der Waals surface area contributed by atoms with Crippen molar-refractivity contribution in [1.82, 2.24) is 0 Å². The third-order valence-electron chi connectivity index (χ3n) is 5.17. The van der Waals surface area contributed by atoms with Gasteiger partial charge < -0.3 is 0 Å². The maximum Gasteiger partial charge on any atom is -0.00126 e. The van der Waals surface area contributed by atoms with Crippen LogP contribution in [0.15, 0.2) is 59.6 Å². The first-order valence-electron chi connectivity index (χ1n) is 15.0. The molecule has 0 spiro atoms. The van der Waals surface area contributed by atoms with Crippen molar-refractivity contribution in [1.29, 1.82) is 0 Å². The second-order valence-corrected chi connectivity index (χ2v) is 10.1. The zero-order chi connectivity index (χ0) is 29.9. The Morgan fingerprint density at radius 1 is 0.892 bits per heavy atom. The largest absolute Gasteiger partial charge is 0.148 e. The summed E-state index contributed by atoms with van der Waals surface area (Å²) in [5, 5.41) is 0. The molecule has 1 unspecified atom stereocenters. The van der Waals surface area contributed by atoms with Gasteiger partial charge in [0, 0.05) is 0 Å². The highest BCUT2D eigenvalue weighted by molar-refractivity contribution is 7.84. The van der Waals surface area contributed by atoms with Crippen LogP contribution in [0, 0.1) is 24.7 Å². The van der Waals surface area contributed by atoms with E-state index in [1.165, 1.54) is 62.5 Å². The van der Waals surface area contributed by atoms with Crippen molar-refractivity contribution in [2.75, 3.05) is 0 Å². The monoisotopic (exact) mass is 533 g/mol. The summed E-state index contributed by atoms with van der Waals surface area (Å²) < 4.78 is 0. The van der Waals surface area contributed by atoms with E-state index in [0.29, 0.717) is 11.8 Å². The Labute approximate surface area is 242 Å². The number of thiol groups is 1. The molecular formula is C36H68S. The summed E-state index contributed by atoms with van der Waals surface area (Å²) in [6.07, 6.45) is 34.2. The highest BCUT2D eigenvalue weighted by Crippen LogP contribution is 2.27. The fraction of sp³-hybridized carbons (Fsp3) is 0.667. The van der Waals surface area contributed by atoms with Crippen LogP contribution in [0.1, 0.15) is 146 Å². The smallest absolute Gasteiger partial charge is 0.00126 e. The standard InChI is InChI=1S/C20H32S.C9H20.C3H8.C2H6.C2H2/c1-7-9-13-20(15-18(6)21)17(5)14-19(8-2)12-10-11-16(3)4;1-3-5-7-9-8-6-4-2;1-3-2;2*1-2/h7-8,10-11,13,16-17,21H,1,6,9,12,14-15H2,2-5H3;3-9H2,1-2H3;3H2,1-2H3;1-2H3;1-2H/b11-10-,19-8-,20-13-;;;;. The van der Waals surface area contributed by atoms with Crippen molar-refractivity contribution in [3.05, 3.63) is 59.6 Å². The molecule has 0 radical (unpaired) electrons. The number of hydrogen-bond donors (Lipinski definition) is 1. The van der Waals surface area contributed by atoms with E-state index in [4.69, 9.17) is 0 Å². The van der Waals surface area contributed by atoms with Crippen molar-refractivity contribution < 1.29 is 0 Å². The number of rotatable bonds is 16. The summed E-state index contributed by atoms with van der Waals surface area (Å²) in [6, 6.07) is 0. The van der Waals surface area contributed by atoms with E-state index in [2.05, 4.69) is 118 Å². The van der Waals surface area contributed by atoms with E-state index < -0.39 is 0 Å². The fourth-order valence-corrected chi connectivity index (χ4v) is 3.47. The predicted octanol–water partition coefficient (Wildman–Crippen LogP) is 13.3. The lowest BCUT2D eigenvalue weighted by molar-refractivity contribution is 0.602. The quantitative estimate of drug-likeness (QED) is 0.0868. The average molecular weight is 533 g/mol. The Morgan fingerprint density at radius 3 is 1.70 bits per heavy atom. The zero-order valence-electron chi connectivity index (χ0n) is 27.0. The minimum Gasteiger partial charge on any atom is -0.148 e. The van der Waals surface area contributed by atoms with E-state index in [9.17, 15) is 0 Å². The van der Waals surface area contributed by atoms with Gasteiger partial charge in [-0.05, 0) is 49.3 Å². The van der Waals surface area contributed by atoms with Crippen LogP contribution >= 0.6 is 12.6 Å². The highest BCUT2D eigenvalue weighted by Gasteiger charge is 2.11. The van der Waals surface area contributed by atoms with Gasteiger partial charge in [-0.25, -0.2) is 0 Å². The second kappa shape index (κ2) is 41.7. The number of terminal acetylenes is 1. The van der Waals surface area contributed by atoms with Crippen molar-refractivity contribution in [3.8, 4) is 12.8 Å². The fourth-order valence-electron chi connectivity index (χ4n) is 3.28. The summed E-state index contributed by atoms with van der Waals surface area (Å²) in [7, 11) is 0. The molecule has 1 atom stereocenters. The average Bonchev–Trinajstić information content (AvgIpc) is 2.88. The molecule has 0 aromatic heterocycles. The lowest BCUT2D eigenvalue weighted by atomic mass is 9.89. The summed E-state index contributed by atoms with van der Waals surface area (Å²) in [5.74, 6) is 1.14. The first-order chi connectivity index (χ1) is 17.7. The van der Waals surface area contributed by atoms with Gasteiger partial charge in [0.25, 0.3) is 0 Å². The van der Waals surface area contributed by atoms with Crippen molar-refractivity contribution >= 4 is 12.6 Å². The molecule has 37 heavy (non-hydrogen) atoms. The number of unbranched alkanes of at least 4 members (excludes halogenated alkanes) is 6. The summed E-state index contributed by atoms with van der Waals surface area (Å²) in [4.78, 5) is 0.930. The third kappa shape index (κ3) is 45.0. The molecule has 0 aliphatic carbocycles. The van der Waals surface area contributed by atoms with Crippen molar-refractivity contribution in [3.63, 3.8) is 0 Å². The maximum atomic E-state index is 4.36. The minimum absolute atomic E-state index is 0.521. The molecule has 0 N–H and O–H groups in total. The molecule has 0 saturated carbocycles. The molecule has 0 amide bonds. The highest BCUT2D eigenvalue weighted by atomic mass is 32.1. The lowest BCUT2D eigenvalue weighted by Crippen LogP contribution is -2.02. The third-order valence-corrected chi connectivity index (χ3v) is 5.33. The zero-order valence-corrected chi connectivity index (χ0v) is 27.9. The topological polar surface area (TPSA) is 0 Å². The first kappa shape index (κ1) is 45.5. The molecule has 218 valence electrons. The van der Waals surface area contributed by atoms with Gasteiger partial charge in [0.15, 0.2) is 0 Å². The van der Waals surface area contributed by atoms with Gasteiger partial charge in [0.2, 0.25) is 0 Å². The Balaban J connectivity index is -0.000000176. The Kier molecular flexibility index (Phi) is 51.3. The SMILES string of the molecule is C#C.C=CC/C=C(/CC(=C)S)C(C)C/C(=C\C)C/C=C\C(C)C.CC.CCC.CCCCCCCCC. The Morgan fingerprint density at radius 2 is 1.35 bits per heavy atom. The second-order valence-electron chi connectivity index (χ2n) is 9.45. The number of allylic oxidation sites excluding steroid dienone is 8. The van der Waals surface area contributed by atoms with Crippen LogP contribution < -0.4 is 0 Å². The molecular weight excluding hydrogens is 464 g/mol. The Hall–Kier alpha value is -1.39. The minimum atomic E-state index is 0.521. The summed E-state index contributed by atoms with van der Waals surface area (Å²) in [6.45, 7) is 29.4. The van der Waals surface area contributed by atoms with Crippen LogP contribution in [-0.2, 0) is 0 Å². The van der Waals surface area contributed by atoms with E-state index in [1.807, 2.05) is 19.9 Å². The molecule has 0 saturated heterocycles. The molecule has 0 aromatic rings. The van der Waals surface area contributed by atoms with E-state index >= 15 is 0 Å². The molecule has 0 rings (SSSR count). The maximum absolute atomic E-state index is 4.36. The normalized spacial score (nSPS) is 11.5. The van der Waals surface area contributed by atoms with Gasteiger partial charge in [-0.15, -0.1) is 32.1 Å². The van der Waals surface area contributed by atoms with Crippen molar-refractivity contribution in [2.45, 2.75) is 146 Å². The van der Waals surface area contributed by atoms with E-state index in [-0.39, 0.29) is 0 Å². The molecule has 0 nitrogen and oxygen atoms in total. The lowest BCUT2D eigenvalue weighted by Gasteiger charge is -2.18. The van der Waals surface area contributed by atoms with Gasteiger partial charge in [0.05, 0.1) is 0 Å². The van der Waals surface area contributed by atoms with Gasteiger partial charge in [0.1, 0.15) is 0 Å². The predicted molar refractivity (Wildman–Crippen MR) is 183 cm³/mol. The van der Waals surface area contributed by atoms with Crippen molar-refractivity contribution in [2.24, 2.45) is 11.8 Å². The molecule has 0 aliphatic rings. The van der Waals surface area contributed by atoms with Gasteiger partial charge in [-0.1, -0.05) is 162 Å². The van der Waals surface area contributed by atoms with Gasteiger partial charge in [-0.2, -0.15) is 0 Å². The summed E-state index contributed by atoms with van der Waals surface area (Å²) in [5.41, 5.74) is 2.91. The van der Waals surface area contributed by atoms with Gasteiger partial charge in [-0.3, -0.25) is 0 Å². The molecule has 0 aliphatic heterocycles. The number of hydrogen-bond acceptors (Lipinski definition) is 1. The van der Waals surface area contributed by atoms with Gasteiger partial charge >= 0.3 is 0 Å². The molecule has 0 bridgehead atoms. The molecule has 0 aromatic carbocycles. The van der Waals surface area contributed by atoms with E-state index in [1.54, 1.807) is 0 Å². The van der Waals surface area contributed by atoms with Crippen LogP contribution in [0.5, 0.6) is 0 Å². The van der Waals surface area contributed by atoms with Crippen LogP contribution in [0.2, 0.25) is 0 Å². The molecule has 1 heteroatoms. The van der Waals surface area contributed by atoms with Crippen LogP contribution in [0.4, 0.5) is 0 Å². The van der Waals surface area contributed by atoms with Crippen LogP contribution in [0.3, 0.4) is 0 Å². The van der Waals surface area contributed by atoms with Crippen LogP contribution in [-0.4, -0.2) is 0 Å². The molecule has 0 fully saturated rings. The van der Waals surface area contributed by atoms with E-state index in [0.717, 1.165) is 30.6 Å².